The normalized spacial score (nSPS) is 10.0. The Hall–Kier alpha value is -1.68. The summed E-state index contributed by atoms with van der Waals surface area (Å²) < 4.78 is 0. The van der Waals surface area contributed by atoms with Crippen LogP contribution in [0.4, 0.5) is 0 Å². The Labute approximate surface area is 101 Å². The van der Waals surface area contributed by atoms with Crippen molar-refractivity contribution in [3.63, 3.8) is 0 Å². The van der Waals surface area contributed by atoms with E-state index in [1.807, 2.05) is 0 Å². The van der Waals surface area contributed by atoms with Crippen molar-refractivity contribution >= 4 is 11.7 Å². The number of amides is 1. The SMILES string of the molecule is CC(=O)c1ccc(C(=O)NCCCCN)cc1. The number of carbonyl (C=O) groups is 2. The average Bonchev–Trinajstić information content (AvgIpc) is 2.34. The largest absolute Gasteiger partial charge is 0.352 e. The molecule has 0 aromatic heterocycles. The number of nitrogens with two attached hydrogens (primary N) is 1. The van der Waals surface area contributed by atoms with E-state index in [0.717, 1.165) is 12.8 Å². The predicted molar refractivity (Wildman–Crippen MR) is 67.1 cm³/mol. The number of ketones is 1. The summed E-state index contributed by atoms with van der Waals surface area (Å²) in [5.74, 6) is -0.114. The molecule has 0 heterocycles. The van der Waals surface area contributed by atoms with Gasteiger partial charge in [-0.3, -0.25) is 9.59 Å². The van der Waals surface area contributed by atoms with Crippen molar-refractivity contribution in [2.24, 2.45) is 5.73 Å². The Morgan fingerprint density at radius 1 is 1.12 bits per heavy atom. The van der Waals surface area contributed by atoms with Crippen LogP contribution < -0.4 is 11.1 Å². The van der Waals surface area contributed by atoms with Gasteiger partial charge in [0.05, 0.1) is 0 Å². The second kappa shape index (κ2) is 6.81. The van der Waals surface area contributed by atoms with E-state index < -0.39 is 0 Å². The Morgan fingerprint density at radius 3 is 2.24 bits per heavy atom. The smallest absolute Gasteiger partial charge is 0.251 e. The number of unbranched alkanes of at least 4 members (excludes halogenated alkanes) is 1. The average molecular weight is 234 g/mol. The fourth-order valence-electron chi connectivity index (χ4n) is 1.43. The summed E-state index contributed by atoms with van der Waals surface area (Å²) in [5.41, 5.74) is 6.54. The van der Waals surface area contributed by atoms with Gasteiger partial charge in [-0.25, -0.2) is 0 Å². The molecule has 0 saturated carbocycles. The van der Waals surface area contributed by atoms with Gasteiger partial charge in [0.15, 0.2) is 5.78 Å². The third kappa shape index (κ3) is 4.36. The molecule has 0 atom stereocenters. The molecule has 0 aliphatic heterocycles. The number of hydrogen-bond donors (Lipinski definition) is 2. The highest BCUT2D eigenvalue weighted by Crippen LogP contribution is 2.05. The van der Waals surface area contributed by atoms with Gasteiger partial charge < -0.3 is 11.1 Å². The van der Waals surface area contributed by atoms with Crippen molar-refractivity contribution in [3.8, 4) is 0 Å². The van der Waals surface area contributed by atoms with Crippen LogP contribution in [-0.4, -0.2) is 24.8 Å². The third-order valence-corrected chi connectivity index (χ3v) is 2.47. The van der Waals surface area contributed by atoms with Gasteiger partial charge in [-0.2, -0.15) is 0 Å². The van der Waals surface area contributed by atoms with Crippen LogP contribution >= 0.6 is 0 Å². The summed E-state index contributed by atoms with van der Waals surface area (Å²) in [6.07, 6.45) is 1.79. The van der Waals surface area contributed by atoms with Crippen LogP contribution in [0.25, 0.3) is 0 Å². The number of carbonyl (C=O) groups excluding carboxylic acids is 2. The number of nitrogens with one attached hydrogen (secondary N) is 1. The minimum Gasteiger partial charge on any atom is -0.352 e. The van der Waals surface area contributed by atoms with Gasteiger partial charge in [0.25, 0.3) is 5.91 Å². The van der Waals surface area contributed by atoms with Gasteiger partial charge in [-0.05, 0) is 38.4 Å². The minimum atomic E-state index is -0.114. The summed E-state index contributed by atoms with van der Waals surface area (Å²) >= 11 is 0. The molecule has 0 fully saturated rings. The first-order valence-electron chi connectivity index (χ1n) is 5.74. The Bertz CT molecular complexity index is 385. The quantitative estimate of drug-likeness (QED) is 0.576. The molecule has 0 aliphatic carbocycles. The van der Waals surface area contributed by atoms with Crippen molar-refractivity contribution in [1.29, 1.82) is 0 Å². The lowest BCUT2D eigenvalue weighted by atomic mass is 10.1. The molecule has 0 spiro atoms. The molecule has 4 nitrogen and oxygen atoms in total. The lowest BCUT2D eigenvalue weighted by molar-refractivity contribution is 0.0951. The lowest BCUT2D eigenvalue weighted by Crippen LogP contribution is -2.24. The highest BCUT2D eigenvalue weighted by molar-refractivity contribution is 5.97. The van der Waals surface area contributed by atoms with Crippen LogP contribution in [0.5, 0.6) is 0 Å². The minimum absolute atomic E-state index is 0.0000889. The van der Waals surface area contributed by atoms with Gasteiger partial charge in [0.1, 0.15) is 0 Å². The van der Waals surface area contributed by atoms with Crippen molar-refractivity contribution in [1.82, 2.24) is 5.32 Å². The second-order valence-electron chi connectivity index (χ2n) is 3.89. The van der Waals surface area contributed by atoms with Gasteiger partial charge in [0.2, 0.25) is 0 Å². The number of Topliss-reactive ketones (excluding diaryl/α,β-unsaturated/α-hetero) is 1. The fourth-order valence-corrected chi connectivity index (χ4v) is 1.43. The van der Waals surface area contributed by atoms with Crippen molar-refractivity contribution < 1.29 is 9.59 Å². The fraction of sp³-hybridized carbons (Fsp3) is 0.385. The van der Waals surface area contributed by atoms with Crippen LogP contribution in [-0.2, 0) is 0 Å². The summed E-state index contributed by atoms with van der Waals surface area (Å²) in [5, 5.41) is 2.80. The van der Waals surface area contributed by atoms with Crippen LogP contribution in [0.2, 0.25) is 0 Å². The highest BCUT2D eigenvalue weighted by Gasteiger charge is 2.05. The molecule has 0 unspecified atom stereocenters. The Kier molecular flexibility index (Phi) is 5.36. The standard InChI is InChI=1S/C13H18N2O2/c1-10(16)11-4-6-12(7-5-11)13(17)15-9-3-2-8-14/h4-7H,2-3,8-9,14H2,1H3,(H,15,17). The monoisotopic (exact) mass is 234 g/mol. The molecule has 0 radical (unpaired) electrons. The van der Waals surface area contributed by atoms with Gasteiger partial charge in [-0.1, -0.05) is 12.1 Å². The number of hydrogen-bond acceptors (Lipinski definition) is 3. The molecule has 3 N–H and O–H groups in total. The first-order valence-corrected chi connectivity index (χ1v) is 5.74. The molecule has 0 bridgehead atoms. The van der Waals surface area contributed by atoms with Gasteiger partial charge >= 0.3 is 0 Å². The molecule has 1 aromatic carbocycles. The van der Waals surface area contributed by atoms with E-state index >= 15 is 0 Å². The zero-order chi connectivity index (χ0) is 12.7. The van der Waals surface area contributed by atoms with Gasteiger partial charge in [0, 0.05) is 17.7 Å². The molecule has 1 amide bonds. The molecule has 92 valence electrons. The highest BCUT2D eigenvalue weighted by atomic mass is 16.1. The molecule has 0 aliphatic rings. The summed E-state index contributed by atoms with van der Waals surface area (Å²) in [7, 11) is 0. The number of rotatable bonds is 6. The van der Waals surface area contributed by atoms with Crippen molar-refractivity contribution in [3.05, 3.63) is 35.4 Å². The molecular weight excluding hydrogens is 216 g/mol. The van der Waals surface area contributed by atoms with Crippen LogP contribution in [0.1, 0.15) is 40.5 Å². The van der Waals surface area contributed by atoms with Crippen molar-refractivity contribution in [2.75, 3.05) is 13.1 Å². The molecule has 17 heavy (non-hydrogen) atoms. The van der Waals surface area contributed by atoms with E-state index in [2.05, 4.69) is 5.32 Å². The maximum Gasteiger partial charge on any atom is 0.251 e. The number of benzene rings is 1. The first-order chi connectivity index (χ1) is 8.15. The van der Waals surface area contributed by atoms with E-state index in [4.69, 9.17) is 5.73 Å². The van der Waals surface area contributed by atoms with Crippen LogP contribution in [0.3, 0.4) is 0 Å². The van der Waals surface area contributed by atoms with Gasteiger partial charge in [-0.15, -0.1) is 0 Å². The zero-order valence-corrected chi connectivity index (χ0v) is 10.0. The van der Waals surface area contributed by atoms with E-state index in [1.165, 1.54) is 6.92 Å². The predicted octanol–water partition coefficient (Wildman–Crippen LogP) is 1.36. The van der Waals surface area contributed by atoms with E-state index in [0.29, 0.717) is 24.2 Å². The topological polar surface area (TPSA) is 72.2 Å². The lowest BCUT2D eigenvalue weighted by Gasteiger charge is -2.05. The maximum absolute atomic E-state index is 11.7. The van der Waals surface area contributed by atoms with Crippen LogP contribution in [0.15, 0.2) is 24.3 Å². The molecule has 0 saturated heterocycles. The molecular formula is C13H18N2O2. The molecule has 1 rings (SSSR count). The first kappa shape index (κ1) is 13.4. The molecule has 1 aromatic rings. The van der Waals surface area contributed by atoms with Crippen LogP contribution in [0, 0.1) is 0 Å². The zero-order valence-electron chi connectivity index (χ0n) is 10.0. The third-order valence-electron chi connectivity index (χ3n) is 2.47. The van der Waals surface area contributed by atoms with E-state index in [1.54, 1.807) is 24.3 Å². The second-order valence-corrected chi connectivity index (χ2v) is 3.89. The Morgan fingerprint density at radius 2 is 1.71 bits per heavy atom. The summed E-state index contributed by atoms with van der Waals surface area (Å²) in [6.45, 7) is 2.77. The summed E-state index contributed by atoms with van der Waals surface area (Å²) in [4.78, 5) is 22.7. The van der Waals surface area contributed by atoms with E-state index in [-0.39, 0.29) is 11.7 Å². The summed E-state index contributed by atoms with van der Waals surface area (Å²) in [6, 6.07) is 6.65. The Balaban J connectivity index is 2.49. The molecule has 4 heteroatoms. The maximum atomic E-state index is 11.7. The van der Waals surface area contributed by atoms with E-state index in [9.17, 15) is 9.59 Å². The van der Waals surface area contributed by atoms with Crippen molar-refractivity contribution in [2.45, 2.75) is 19.8 Å².